The Morgan fingerprint density at radius 1 is 0.750 bits per heavy atom. The molecular weight excluding hydrogens is 530 g/mol. The number of nitrogens with one attached hydrogen (secondary N) is 2. The second-order valence-corrected chi connectivity index (χ2v) is 8.01. The molecule has 0 spiro atoms. The summed E-state index contributed by atoms with van der Waals surface area (Å²) in [6.07, 6.45) is 0. The van der Waals surface area contributed by atoms with Crippen LogP contribution >= 0.6 is 45.2 Å². The average molecular weight is 544 g/mol. The van der Waals surface area contributed by atoms with Gasteiger partial charge in [-0.1, -0.05) is 12.2 Å². The Kier molecular flexibility index (Phi) is 5.24. The molecule has 0 aliphatic heterocycles. The minimum Gasteiger partial charge on any atom is -0.326 e. The van der Waals surface area contributed by atoms with Crippen LogP contribution in [0.5, 0.6) is 0 Å². The molecule has 0 saturated heterocycles. The summed E-state index contributed by atoms with van der Waals surface area (Å²) in [6, 6.07) is 15.0. The third-order valence-corrected chi connectivity index (χ3v) is 5.25. The third-order valence-electron chi connectivity index (χ3n) is 3.81. The lowest BCUT2D eigenvalue weighted by Gasteiger charge is -2.06. The predicted molar refractivity (Wildman–Crippen MR) is 112 cm³/mol. The van der Waals surface area contributed by atoms with E-state index in [1.54, 1.807) is 0 Å². The monoisotopic (exact) mass is 544 g/mol. The zero-order chi connectivity index (χ0) is 17.3. The van der Waals surface area contributed by atoms with Gasteiger partial charge in [0.05, 0.1) is 11.8 Å². The SMILES string of the molecule is C=C1[C@@H](C(=O)Nc2ccc(I)cc2)[C@@H]1C(=O)Nc1ccc(I)cc1. The number of hydrogen-bond donors (Lipinski definition) is 2. The minimum atomic E-state index is -0.465. The largest absolute Gasteiger partial charge is 0.326 e. The number of carbonyl (C=O) groups excluding carboxylic acids is 2. The number of carbonyl (C=O) groups is 2. The summed E-state index contributed by atoms with van der Waals surface area (Å²) < 4.78 is 2.19. The summed E-state index contributed by atoms with van der Waals surface area (Å²) in [4.78, 5) is 24.7. The van der Waals surface area contributed by atoms with Crippen molar-refractivity contribution in [2.75, 3.05) is 10.6 Å². The maximum Gasteiger partial charge on any atom is 0.232 e. The molecule has 1 saturated carbocycles. The summed E-state index contributed by atoms with van der Waals surface area (Å²) >= 11 is 4.41. The minimum absolute atomic E-state index is 0.191. The van der Waals surface area contributed by atoms with E-state index >= 15 is 0 Å². The van der Waals surface area contributed by atoms with Crippen LogP contribution in [0, 0.1) is 19.0 Å². The molecule has 0 aromatic heterocycles. The number of benzene rings is 2. The fourth-order valence-electron chi connectivity index (χ4n) is 2.46. The van der Waals surface area contributed by atoms with Gasteiger partial charge in [-0.3, -0.25) is 9.59 Å². The lowest BCUT2D eigenvalue weighted by atomic mass is 10.2. The van der Waals surface area contributed by atoms with Gasteiger partial charge in [0.1, 0.15) is 0 Å². The molecule has 2 amide bonds. The van der Waals surface area contributed by atoms with Gasteiger partial charge < -0.3 is 10.6 Å². The fourth-order valence-corrected chi connectivity index (χ4v) is 3.18. The lowest BCUT2D eigenvalue weighted by Crippen LogP contribution is -2.20. The van der Waals surface area contributed by atoms with Gasteiger partial charge in [-0.25, -0.2) is 0 Å². The standard InChI is InChI=1S/C18H14I2N2O2/c1-10-15(17(23)21-13-6-2-11(19)3-7-13)16(10)18(24)22-14-8-4-12(20)5-9-14/h2-9,15-16H,1H2,(H,21,23)(H,22,24)/t15-,16-/m1/s1. The van der Waals surface area contributed by atoms with E-state index < -0.39 is 11.8 Å². The summed E-state index contributed by atoms with van der Waals surface area (Å²) in [5.74, 6) is -1.31. The van der Waals surface area contributed by atoms with Crippen molar-refractivity contribution in [3.63, 3.8) is 0 Å². The van der Waals surface area contributed by atoms with Crippen molar-refractivity contribution >= 4 is 68.4 Å². The molecule has 0 unspecified atom stereocenters. The first-order chi connectivity index (χ1) is 11.5. The highest BCUT2D eigenvalue weighted by molar-refractivity contribution is 14.1. The van der Waals surface area contributed by atoms with Crippen molar-refractivity contribution in [1.82, 2.24) is 0 Å². The van der Waals surface area contributed by atoms with Crippen LogP contribution in [0.1, 0.15) is 0 Å². The third kappa shape index (κ3) is 3.97. The van der Waals surface area contributed by atoms with Crippen LogP contribution in [0.25, 0.3) is 0 Å². The Labute approximate surface area is 167 Å². The van der Waals surface area contributed by atoms with Crippen molar-refractivity contribution in [3.8, 4) is 0 Å². The molecular formula is C18H14I2N2O2. The molecule has 2 aromatic carbocycles. The molecule has 122 valence electrons. The van der Waals surface area contributed by atoms with Gasteiger partial charge in [-0.05, 0) is 93.7 Å². The highest BCUT2D eigenvalue weighted by Gasteiger charge is 2.52. The van der Waals surface area contributed by atoms with Gasteiger partial charge in [-0.15, -0.1) is 0 Å². The normalized spacial score (nSPS) is 18.8. The Morgan fingerprint density at radius 3 is 1.42 bits per heavy atom. The van der Waals surface area contributed by atoms with E-state index in [4.69, 9.17) is 0 Å². The van der Waals surface area contributed by atoms with E-state index in [-0.39, 0.29) is 11.8 Å². The molecule has 1 aliphatic rings. The zero-order valence-electron chi connectivity index (χ0n) is 12.6. The second-order valence-electron chi connectivity index (χ2n) is 5.52. The highest BCUT2D eigenvalue weighted by atomic mass is 127. The van der Waals surface area contributed by atoms with Crippen molar-refractivity contribution in [2.24, 2.45) is 11.8 Å². The van der Waals surface area contributed by atoms with Crippen LogP contribution in [0.2, 0.25) is 0 Å². The number of amides is 2. The van der Waals surface area contributed by atoms with Gasteiger partial charge in [0, 0.05) is 18.5 Å². The van der Waals surface area contributed by atoms with Crippen molar-refractivity contribution in [1.29, 1.82) is 0 Å². The average Bonchev–Trinajstić information content (AvgIpc) is 3.23. The number of hydrogen-bond acceptors (Lipinski definition) is 2. The van der Waals surface area contributed by atoms with Gasteiger partial charge in [0.15, 0.2) is 0 Å². The smallest absolute Gasteiger partial charge is 0.232 e. The van der Waals surface area contributed by atoms with E-state index in [1.807, 2.05) is 48.5 Å². The Balaban J connectivity index is 1.61. The van der Waals surface area contributed by atoms with Crippen LogP contribution in [0.4, 0.5) is 11.4 Å². The first-order valence-electron chi connectivity index (χ1n) is 7.27. The van der Waals surface area contributed by atoms with E-state index in [9.17, 15) is 9.59 Å². The van der Waals surface area contributed by atoms with Gasteiger partial charge in [-0.2, -0.15) is 0 Å². The molecule has 0 heterocycles. The van der Waals surface area contributed by atoms with E-state index in [1.165, 1.54) is 0 Å². The Hall–Kier alpha value is -1.42. The molecule has 4 nitrogen and oxygen atoms in total. The maximum absolute atomic E-state index is 12.3. The summed E-state index contributed by atoms with van der Waals surface area (Å²) in [5, 5.41) is 5.67. The van der Waals surface area contributed by atoms with E-state index in [2.05, 4.69) is 62.4 Å². The first-order valence-corrected chi connectivity index (χ1v) is 9.43. The van der Waals surface area contributed by atoms with Crippen LogP contribution < -0.4 is 10.6 Å². The van der Waals surface area contributed by atoms with Gasteiger partial charge >= 0.3 is 0 Å². The lowest BCUT2D eigenvalue weighted by molar-refractivity contribution is -0.122. The Bertz CT molecular complexity index is 733. The van der Waals surface area contributed by atoms with Crippen LogP contribution in [-0.4, -0.2) is 11.8 Å². The first kappa shape index (κ1) is 17.4. The quantitative estimate of drug-likeness (QED) is 0.447. The van der Waals surface area contributed by atoms with Crippen molar-refractivity contribution < 1.29 is 9.59 Å². The molecule has 0 bridgehead atoms. The van der Waals surface area contributed by atoms with Gasteiger partial charge in [0.25, 0.3) is 0 Å². The second kappa shape index (κ2) is 7.22. The number of halogens is 2. The fraction of sp³-hybridized carbons (Fsp3) is 0.111. The van der Waals surface area contributed by atoms with Crippen molar-refractivity contribution in [3.05, 3.63) is 67.8 Å². The molecule has 3 rings (SSSR count). The van der Waals surface area contributed by atoms with Gasteiger partial charge in [0.2, 0.25) is 11.8 Å². The molecule has 1 fully saturated rings. The highest BCUT2D eigenvalue weighted by Crippen LogP contribution is 2.45. The van der Waals surface area contributed by atoms with Crippen LogP contribution in [-0.2, 0) is 9.59 Å². The molecule has 2 aromatic rings. The topological polar surface area (TPSA) is 58.2 Å². The van der Waals surface area contributed by atoms with Crippen LogP contribution in [0.15, 0.2) is 60.7 Å². The zero-order valence-corrected chi connectivity index (χ0v) is 16.9. The number of rotatable bonds is 4. The van der Waals surface area contributed by atoms with Crippen LogP contribution in [0.3, 0.4) is 0 Å². The maximum atomic E-state index is 12.3. The molecule has 6 heteroatoms. The molecule has 2 N–H and O–H groups in total. The van der Waals surface area contributed by atoms with Crippen molar-refractivity contribution in [2.45, 2.75) is 0 Å². The summed E-state index contributed by atoms with van der Waals surface area (Å²) in [7, 11) is 0. The number of anilines is 2. The molecule has 1 aliphatic carbocycles. The van der Waals surface area contributed by atoms with E-state index in [0.717, 1.165) is 18.5 Å². The molecule has 2 atom stereocenters. The predicted octanol–water partition coefficient (Wildman–Crippen LogP) is 4.28. The Morgan fingerprint density at radius 2 is 1.08 bits per heavy atom. The van der Waals surface area contributed by atoms with E-state index in [0.29, 0.717) is 5.57 Å². The summed E-state index contributed by atoms with van der Waals surface area (Å²) in [6.45, 7) is 3.86. The molecule has 24 heavy (non-hydrogen) atoms. The summed E-state index contributed by atoms with van der Waals surface area (Å²) in [5.41, 5.74) is 2.09. The molecule has 0 radical (unpaired) electrons.